The Morgan fingerprint density at radius 3 is 2.37 bits per heavy atom. The van der Waals surface area contributed by atoms with Gasteiger partial charge in [0.2, 0.25) is 5.91 Å². The molecule has 5 rings (SSSR count). The summed E-state index contributed by atoms with van der Waals surface area (Å²) in [6, 6.07) is 15.8. The highest BCUT2D eigenvalue weighted by Crippen LogP contribution is 2.32. The average molecular weight is 514 g/mol. The van der Waals surface area contributed by atoms with Crippen molar-refractivity contribution in [2.45, 2.75) is 44.8 Å². The van der Waals surface area contributed by atoms with Gasteiger partial charge in [-0.2, -0.15) is 5.10 Å². The molecule has 2 aliphatic heterocycles. The summed E-state index contributed by atoms with van der Waals surface area (Å²) in [7, 11) is 0. The van der Waals surface area contributed by atoms with E-state index in [4.69, 9.17) is 0 Å². The van der Waals surface area contributed by atoms with Gasteiger partial charge in [-0.3, -0.25) is 19.2 Å². The van der Waals surface area contributed by atoms with Gasteiger partial charge in [0.15, 0.2) is 5.78 Å². The minimum atomic E-state index is -0.779. The Kier molecular flexibility index (Phi) is 7.09. The first-order valence-electron chi connectivity index (χ1n) is 12.9. The fraction of sp³-hybridized carbons (Fsp3) is 0.345. The first-order chi connectivity index (χ1) is 18.3. The molecule has 2 fully saturated rings. The summed E-state index contributed by atoms with van der Waals surface area (Å²) in [5.41, 5.74) is 1.77. The predicted octanol–water partition coefficient (Wildman–Crippen LogP) is 2.71. The Balaban J connectivity index is 1.30. The van der Waals surface area contributed by atoms with E-state index in [2.05, 4.69) is 10.4 Å². The van der Waals surface area contributed by atoms with Crippen LogP contribution in [0.15, 0.2) is 73.1 Å². The van der Waals surface area contributed by atoms with E-state index in [1.807, 2.05) is 32.2 Å². The fourth-order valence-electron chi connectivity index (χ4n) is 5.41. The number of aromatic nitrogens is 2. The van der Waals surface area contributed by atoms with Gasteiger partial charge in [-0.25, -0.2) is 4.68 Å². The third kappa shape index (κ3) is 4.96. The molecule has 9 heteroatoms. The van der Waals surface area contributed by atoms with Gasteiger partial charge < -0.3 is 15.1 Å². The first kappa shape index (κ1) is 25.4. The number of nitrogens with zero attached hydrogens (tertiary/aromatic N) is 4. The van der Waals surface area contributed by atoms with Crippen molar-refractivity contribution in [3.8, 4) is 5.69 Å². The Morgan fingerprint density at radius 1 is 0.974 bits per heavy atom. The van der Waals surface area contributed by atoms with Gasteiger partial charge in [-0.1, -0.05) is 32.0 Å². The summed E-state index contributed by atoms with van der Waals surface area (Å²) in [6.45, 7) is 4.32. The van der Waals surface area contributed by atoms with Gasteiger partial charge in [0, 0.05) is 30.1 Å². The number of fused-ring (bicyclic) bond motifs is 1. The van der Waals surface area contributed by atoms with Gasteiger partial charge in [0.1, 0.15) is 12.1 Å². The van der Waals surface area contributed by atoms with E-state index in [1.165, 1.54) is 0 Å². The molecule has 1 N–H and O–H groups in total. The summed E-state index contributed by atoms with van der Waals surface area (Å²) in [6.07, 6.45) is 4.45. The van der Waals surface area contributed by atoms with Gasteiger partial charge in [0.05, 0.1) is 18.3 Å². The van der Waals surface area contributed by atoms with Crippen LogP contribution in [0.1, 0.15) is 47.4 Å². The van der Waals surface area contributed by atoms with E-state index in [1.54, 1.807) is 69.2 Å². The number of benzene rings is 2. The monoisotopic (exact) mass is 513 g/mol. The summed E-state index contributed by atoms with van der Waals surface area (Å²) < 4.78 is 1.70. The van der Waals surface area contributed by atoms with Crippen molar-refractivity contribution in [2.75, 3.05) is 13.1 Å². The van der Waals surface area contributed by atoms with Crippen molar-refractivity contribution in [3.05, 3.63) is 84.2 Å². The lowest BCUT2D eigenvalue weighted by Crippen LogP contribution is -2.53. The molecule has 0 bridgehead atoms. The smallest absolute Gasteiger partial charge is 0.254 e. The van der Waals surface area contributed by atoms with Crippen molar-refractivity contribution in [1.82, 2.24) is 24.9 Å². The first-order valence-corrected chi connectivity index (χ1v) is 12.9. The molecule has 1 aromatic heterocycles. The second kappa shape index (κ2) is 10.6. The van der Waals surface area contributed by atoms with Crippen LogP contribution in [-0.4, -0.2) is 74.3 Å². The zero-order chi connectivity index (χ0) is 26.8. The van der Waals surface area contributed by atoms with E-state index >= 15 is 0 Å². The molecule has 2 unspecified atom stereocenters. The number of nitrogens with one attached hydrogen (secondary N) is 1. The Bertz CT molecular complexity index is 1320. The van der Waals surface area contributed by atoms with Gasteiger partial charge in [-0.15, -0.1) is 0 Å². The molecular weight excluding hydrogens is 482 g/mol. The Hall–Kier alpha value is -4.27. The highest BCUT2D eigenvalue weighted by atomic mass is 16.2. The van der Waals surface area contributed by atoms with Gasteiger partial charge >= 0.3 is 0 Å². The molecule has 3 atom stereocenters. The van der Waals surface area contributed by atoms with Crippen LogP contribution in [0, 0.1) is 5.92 Å². The van der Waals surface area contributed by atoms with Crippen LogP contribution in [0.3, 0.4) is 0 Å². The number of rotatable bonds is 7. The van der Waals surface area contributed by atoms with Crippen molar-refractivity contribution >= 4 is 23.5 Å². The standard InChI is InChI=1S/C29H31N5O4/c1-19(2)17-23(31-27(36)20-9-11-22(12-10-20)34-15-6-14-30-34)29(38)32-16-13-24-26(32)25(35)18-33(24)28(37)21-7-4-3-5-8-21/h3-12,14-15,19,23-24,26H,13,16-18H2,1-2H3,(H,31,36)/t23-,24?,26?/m0/s1. The number of likely N-dealkylation sites (tertiary alicyclic amines) is 2. The average Bonchev–Trinajstić information content (AvgIpc) is 3.67. The number of Topliss-reactive ketones (excluding diaryl/α,β-unsaturated/α-hetero) is 1. The van der Waals surface area contributed by atoms with Crippen molar-refractivity contribution in [1.29, 1.82) is 0 Å². The third-order valence-corrected chi connectivity index (χ3v) is 7.20. The maximum Gasteiger partial charge on any atom is 0.254 e. The highest BCUT2D eigenvalue weighted by Gasteiger charge is 2.52. The van der Waals surface area contributed by atoms with Crippen LogP contribution in [0.25, 0.3) is 5.69 Å². The number of amides is 3. The predicted molar refractivity (Wildman–Crippen MR) is 141 cm³/mol. The van der Waals surface area contributed by atoms with Crippen molar-refractivity contribution in [3.63, 3.8) is 0 Å². The molecule has 9 nitrogen and oxygen atoms in total. The number of ketones is 1. The van der Waals surface area contributed by atoms with E-state index in [0.29, 0.717) is 30.5 Å². The van der Waals surface area contributed by atoms with E-state index < -0.39 is 12.1 Å². The second-order valence-electron chi connectivity index (χ2n) is 10.3. The van der Waals surface area contributed by atoms with Crippen molar-refractivity contribution < 1.29 is 19.2 Å². The lowest BCUT2D eigenvalue weighted by molar-refractivity contribution is -0.138. The zero-order valence-electron chi connectivity index (χ0n) is 21.5. The molecule has 0 saturated carbocycles. The maximum atomic E-state index is 13.7. The van der Waals surface area contributed by atoms with Crippen LogP contribution in [0.2, 0.25) is 0 Å². The minimum Gasteiger partial charge on any atom is -0.340 e. The number of carbonyl (C=O) groups excluding carboxylic acids is 4. The molecule has 0 spiro atoms. The van der Waals surface area contributed by atoms with Crippen LogP contribution < -0.4 is 5.32 Å². The Morgan fingerprint density at radius 2 is 1.71 bits per heavy atom. The molecule has 3 amide bonds. The molecule has 2 aliphatic rings. The summed E-state index contributed by atoms with van der Waals surface area (Å²) in [5, 5.41) is 7.09. The SMILES string of the molecule is CC(C)C[C@H](NC(=O)c1ccc(-n2cccn2)cc1)C(=O)N1CCC2C1C(=O)CN2C(=O)c1ccccc1. The van der Waals surface area contributed by atoms with E-state index in [-0.39, 0.29) is 42.0 Å². The summed E-state index contributed by atoms with van der Waals surface area (Å²) in [5.74, 6) is -0.846. The van der Waals surface area contributed by atoms with Crippen LogP contribution in [0.5, 0.6) is 0 Å². The number of hydrogen-bond donors (Lipinski definition) is 1. The van der Waals surface area contributed by atoms with Crippen molar-refractivity contribution in [2.24, 2.45) is 5.92 Å². The zero-order valence-corrected chi connectivity index (χ0v) is 21.5. The lowest BCUT2D eigenvalue weighted by atomic mass is 10.0. The summed E-state index contributed by atoms with van der Waals surface area (Å²) >= 11 is 0. The molecule has 3 heterocycles. The van der Waals surface area contributed by atoms with Crippen LogP contribution in [-0.2, 0) is 9.59 Å². The molecule has 0 aliphatic carbocycles. The molecule has 2 saturated heterocycles. The molecule has 196 valence electrons. The van der Waals surface area contributed by atoms with E-state index in [9.17, 15) is 19.2 Å². The lowest BCUT2D eigenvalue weighted by Gasteiger charge is -2.29. The fourth-order valence-corrected chi connectivity index (χ4v) is 5.41. The molecule has 38 heavy (non-hydrogen) atoms. The second-order valence-corrected chi connectivity index (χ2v) is 10.3. The highest BCUT2D eigenvalue weighted by molar-refractivity contribution is 6.03. The molecule has 3 aromatic rings. The minimum absolute atomic E-state index is 0.0172. The van der Waals surface area contributed by atoms with E-state index in [0.717, 1.165) is 5.69 Å². The molecule has 2 aromatic carbocycles. The third-order valence-electron chi connectivity index (χ3n) is 7.20. The molecular formula is C29H31N5O4. The normalized spacial score (nSPS) is 19.5. The van der Waals surface area contributed by atoms with Crippen LogP contribution >= 0.6 is 0 Å². The largest absolute Gasteiger partial charge is 0.340 e. The summed E-state index contributed by atoms with van der Waals surface area (Å²) in [4.78, 5) is 56.2. The van der Waals surface area contributed by atoms with Crippen LogP contribution in [0.4, 0.5) is 0 Å². The maximum absolute atomic E-state index is 13.7. The number of hydrogen-bond acceptors (Lipinski definition) is 5. The van der Waals surface area contributed by atoms with Gasteiger partial charge in [0.25, 0.3) is 11.8 Å². The quantitative estimate of drug-likeness (QED) is 0.523. The Labute approximate surface area is 221 Å². The number of carbonyl (C=O) groups is 4. The molecule has 0 radical (unpaired) electrons. The topological polar surface area (TPSA) is 105 Å². The van der Waals surface area contributed by atoms with Gasteiger partial charge in [-0.05, 0) is 61.2 Å².